The monoisotopic (exact) mass is 994 g/mol. The molecule has 0 amide bonds. The molecule has 0 N–H and O–H groups in total. The van der Waals surface area contributed by atoms with E-state index < -0.39 is 24.3 Å². The zero-order valence-electron chi connectivity index (χ0n) is 47.4. The van der Waals surface area contributed by atoms with E-state index >= 15 is 0 Å². The van der Waals surface area contributed by atoms with Gasteiger partial charge in [-0.15, -0.1) is 0 Å². The molecule has 0 aromatic heterocycles. The van der Waals surface area contributed by atoms with Crippen molar-refractivity contribution in [1.82, 2.24) is 0 Å². The molecule has 0 heterocycles. The normalized spacial score (nSPS) is 12.6. The van der Waals surface area contributed by atoms with Crippen molar-refractivity contribution in [3.63, 3.8) is 0 Å². The number of carboxylic acid groups (broad SMARTS) is 1. The topological polar surface area (TPSA) is 111 Å². The molecular weight excluding hydrogens is 875 g/mol. The minimum absolute atomic E-state index is 0.153. The van der Waals surface area contributed by atoms with Crippen molar-refractivity contribution in [2.24, 2.45) is 0 Å². The fraction of sp³-hybridized carbons (Fsp3) is 0.951. The van der Waals surface area contributed by atoms with Crippen molar-refractivity contribution >= 4 is 17.9 Å². The molecule has 416 valence electrons. The maximum Gasteiger partial charge on any atom is 0.306 e. The molecule has 70 heavy (non-hydrogen) atoms. The van der Waals surface area contributed by atoms with E-state index in [1.54, 1.807) is 0 Å². The maximum absolute atomic E-state index is 12.9. The van der Waals surface area contributed by atoms with Crippen molar-refractivity contribution in [3.8, 4) is 0 Å². The van der Waals surface area contributed by atoms with E-state index in [4.69, 9.17) is 18.9 Å². The zero-order valence-corrected chi connectivity index (χ0v) is 47.4. The number of likely N-dealkylation sites (N-methyl/N-ethyl adjacent to an activating group) is 1. The number of hydrogen-bond acceptors (Lipinski definition) is 8. The van der Waals surface area contributed by atoms with Gasteiger partial charge in [0, 0.05) is 12.8 Å². The van der Waals surface area contributed by atoms with Crippen molar-refractivity contribution in [1.29, 1.82) is 0 Å². The smallest absolute Gasteiger partial charge is 0.306 e. The fourth-order valence-corrected chi connectivity index (χ4v) is 9.36. The van der Waals surface area contributed by atoms with E-state index in [9.17, 15) is 19.5 Å². The van der Waals surface area contributed by atoms with Gasteiger partial charge in [-0.25, -0.2) is 0 Å². The van der Waals surface area contributed by atoms with Crippen molar-refractivity contribution in [2.75, 3.05) is 47.5 Å². The van der Waals surface area contributed by atoms with Crippen molar-refractivity contribution in [2.45, 2.75) is 328 Å². The number of carbonyl (C=O) groups excluding carboxylic acids is 3. The van der Waals surface area contributed by atoms with Crippen molar-refractivity contribution < 1.29 is 42.9 Å². The molecular formula is C61H119NO8. The molecule has 0 aromatic rings. The molecule has 9 nitrogen and oxygen atoms in total. The van der Waals surface area contributed by atoms with Gasteiger partial charge in [-0.2, -0.15) is 0 Å². The van der Waals surface area contributed by atoms with Gasteiger partial charge in [0.25, 0.3) is 0 Å². The van der Waals surface area contributed by atoms with Crippen molar-refractivity contribution in [3.05, 3.63) is 0 Å². The zero-order chi connectivity index (χ0) is 51.3. The van der Waals surface area contributed by atoms with Gasteiger partial charge in [0.05, 0.1) is 40.3 Å². The SMILES string of the molecule is CCCCCCCCCCCCCCCCCCCCCCCCCCCCCCC(=O)OC(COC(=O)CCCCCCCCCCCCCCCCCCC)COC(OCC[N+](C)(C)C)C(=O)[O-]. The third-order valence-corrected chi connectivity index (χ3v) is 14.1. The second-order valence-corrected chi connectivity index (χ2v) is 22.4. The van der Waals surface area contributed by atoms with Crippen LogP contribution in [0.3, 0.4) is 0 Å². The summed E-state index contributed by atoms with van der Waals surface area (Å²) in [4.78, 5) is 37.3. The Hall–Kier alpha value is -1.71. The second kappa shape index (κ2) is 53.6. The number of rotatable bonds is 58. The molecule has 0 aliphatic heterocycles. The Morgan fingerprint density at radius 1 is 0.371 bits per heavy atom. The summed E-state index contributed by atoms with van der Waals surface area (Å²) in [5, 5.41) is 11.8. The Bertz CT molecular complexity index is 1110. The summed E-state index contributed by atoms with van der Waals surface area (Å²) in [5.74, 6) is -2.25. The lowest BCUT2D eigenvalue weighted by molar-refractivity contribution is -0.870. The van der Waals surface area contributed by atoms with Gasteiger partial charge in [0.1, 0.15) is 13.2 Å². The summed E-state index contributed by atoms with van der Waals surface area (Å²) in [5.41, 5.74) is 0. The number of quaternary nitrogens is 1. The second-order valence-electron chi connectivity index (χ2n) is 22.4. The number of unbranched alkanes of at least 4 members (excludes halogenated alkanes) is 43. The first-order chi connectivity index (χ1) is 34.1. The van der Waals surface area contributed by atoms with Crippen LogP contribution in [0.15, 0.2) is 0 Å². The van der Waals surface area contributed by atoms with Crippen LogP contribution in [-0.4, -0.2) is 82.3 Å². The van der Waals surface area contributed by atoms with Gasteiger partial charge in [-0.3, -0.25) is 9.59 Å². The van der Waals surface area contributed by atoms with Crippen LogP contribution in [-0.2, 0) is 33.3 Å². The number of nitrogens with zero attached hydrogens (tertiary/aromatic N) is 1. The molecule has 0 fully saturated rings. The Morgan fingerprint density at radius 2 is 0.643 bits per heavy atom. The van der Waals surface area contributed by atoms with Crippen LogP contribution in [0, 0.1) is 0 Å². The number of esters is 2. The number of hydrogen-bond donors (Lipinski definition) is 0. The quantitative estimate of drug-likeness (QED) is 0.0256. The third kappa shape index (κ3) is 54.1. The van der Waals surface area contributed by atoms with Gasteiger partial charge in [-0.05, 0) is 12.8 Å². The molecule has 0 aromatic carbocycles. The molecule has 0 rings (SSSR count). The van der Waals surface area contributed by atoms with Crippen LogP contribution in [0.1, 0.15) is 316 Å². The molecule has 0 radical (unpaired) electrons. The standard InChI is InChI=1S/C61H119NO8/c1-6-8-10-12-14-16-18-20-22-24-25-26-27-28-29-30-31-32-33-34-36-38-40-42-44-46-48-50-52-59(64)70-57(56-69-61(60(65)66)67-54-53-62(3,4)5)55-68-58(63)51-49-47-45-43-41-39-37-35-23-21-19-17-15-13-11-9-7-2/h57,61H,6-56H2,1-5H3. The van der Waals surface area contributed by atoms with E-state index in [2.05, 4.69) is 13.8 Å². The molecule has 0 aliphatic carbocycles. The Kier molecular flexibility index (Phi) is 52.3. The fourth-order valence-electron chi connectivity index (χ4n) is 9.36. The highest BCUT2D eigenvalue weighted by Crippen LogP contribution is 2.18. The predicted molar refractivity (Wildman–Crippen MR) is 293 cm³/mol. The van der Waals surface area contributed by atoms with E-state index in [1.165, 1.54) is 250 Å². The highest BCUT2D eigenvalue weighted by molar-refractivity contribution is 5.70. The van der Waals surface area contributed by atoms with Crippen LogP contribution in [0.5, 0.6) is 0 Å². The average molecular weight is 995 g/mol. The largest absolute Gasteiger partial charge is 0.545 e. The lowest BCUT2D eigenvalue weighted by atomic mass is 10.0. The van der Waals surface area contributed by atoms with E-state index in [1.807, 2.05) is 21.1 Å². The first-order valence-electron chi connectivity index (χ1n) is 30.7. The van der Waals surface area contributed by atoms with E-state index in [0.29, 0.717) is 17.4 Å². The predicted octanol–water partition coefficient (Wildman–Crippen LogP) is 16.6. The lowest BCUT2D eigenvalue weighted by Gasteiger charge is -2.26. The van der Waals surface area contributed by atoms with Gasteiger partial charge in [-0.1, -0.05) is 290 Å². The Labute approximate surface area is 434 Å². The summed E-state index contributed by atoms with van der Waals surface area (Å²) >= 11 is 0. The van der Waals surface area contributed by atoms with Gasteiger partial charge < -0.3 is 33.3 Å². The summed E-state index contributed by atoms with van der Waals surface area (Å²) in [6.45, 7) is 4.82. The summed E-state index contributed by atoms with van der Waals surface area (Å²) < 4.78 is 22.7. The maximum atomic E-state index is 12.9. The molecule has 2 unspecified atom stereocenters. The number of ether oxygens (including phenoxy) is 4. The number of carboxylic acids is 1. The highest BCUT2D eigenvalue weighted by Gasteiger charge is 2.22. The molecule has 0 spiro atoms. The third-order valence-electron chi connectivity index (χ3n) is 14.1. The van der Waals surface area contributed by atoms with Crippen LogP contribution in [0.4, 0.5) is 0 Å². The molecule has 9 heteroatoms. The first kappa shape index (κ1) is 68.3. The molecule has 2 atom stereocenters. The molecule has 0 bridgehead atoms. The minimum atomic E-state index is -1.61. The number of aliphatic carboxylic acids is 1. The molecule has 0 saturated carbocycles. The van der Waals surface area contributed by atoms with E-state index in [0.717, 1.165) is 38.5 Å². The van der Waals surface area contributed by atoms with Crippen LogP contribution in [0.25, 0.3) is 0 Å². The minimum Gasteiger partial charge on any atom is -0.545 e. The Balaban J connectivity index is 4.10. The van der Waals surface area contributed by atoms with Gasteiger partial charge in [0.2, 0.25) is 0 Å². The van der Waals surface area contributed by atoms with E-state index in [-0.39, 0.29) is 32.2 Å². The highest BCUT2D eigenvalue weighted by atomic mass is 16.7. The molecule has 0 saturated heterocycles. The van der Waals surface area contributed by atoms with Gasteiger partial charge in [0.15, 0.2) is 12.4 Å². The Morgan fingerprint density at radius 3 is 0.914 bits per heavy atom. The first-order valence-corrected chi connectivity index (χ1v) is 30.7. The number of carbonyl (C=O) groups is 3. The summed E-state index contributed by atoms with van der Waals surface area (Å²) in [6, 6.07) is 0. The average Bonchev–Trinajstić information content (AvgIpc) is 3.33. The molecule has 0 aliphatic rings. The summed E-state index contributed by atoms with van der Waals surface area (Å²) in [7, 11) is 5.94. The van der Waals surface area contributed by atoms with Gasteiger partial charge >= 0.3 is 11.9 Å². The van der Waals surface area contributed by atoms with Crippen LogP contribution >= 0.6 is 0 Å². The lowest BCUT2D eigenvalue weighted by Crippen LogP contribution is -2.44. The summed E-state index contributed by atoms with van der Waals surface area (Å²) in [6.07, 6.45) is 57.3. The van der Waals surface area contributed by atoms with Crippen LogP contribution < -0.4 is 5.11 Å². The van der Waals surface area contributed by atoms with Crippen LogP contribution in [0.2, 0.25) is 0 Å².